The number of nitrogens with zero attached hydrogens (tertiary/aromatic N) is 2. The second kappa shape index (κ2) is 3.05. The van der Waals surface area contributed by atoms with Gasteiger partial charge in [0.25, 0.3) is 5.35 Å². The highest BCUT2D eigenvalue weighted by Crippen LogP contribution is 2.28. The van der Waals surface area contributed by atoms with Gasteiger partial charge in [0.15, 0.2) is 5.75 Å². The number of ether oxygens (including phenoxy) is 1. The van der Waals surface area contributed by atoms with Crippen LogP contribution in [0, 0.1) is 0 Å². The fraction of sp³-hybridized carbons (Fsp3) is 0.143. The number of halogens is 2. The third-order valence-corrected chi connectivity index (χ3v) is 1.85. The van der Waals surface area contributed by atoms with Crippen LogP contribution in [0.4, 0.5) is 0 Å². The van der Waals surface area contributed by atoms with Gasteiger partial charge in [-0.1, -0.05) is 11.6 Å². The van der Waals surface area contributed by atoms with Gasteiger partial charge in [0.2, 0.25) is 11.2 Å². The molecule has 6 heteroatoms. The molecule has 2 heterocycles. The van der Waals surface area contributed by atoms with Gasteiger partial charge in [-0.05, 0) is 11.6 Å². The number of oxazole rings is 1. The van der Waals surface area contributed by atoms with Gasteiger partial charge in [0.05, 0.1) is 7.11 Å². The maximum Gasteiger partial charge on any atom is 0.294 e. The second-order valence-corrected chi connectivity index (χ2v) is 2.98. The van der Waals surface area contributed by atoms with Crippen molar-refractivity contribution in [3.8, 4) is 5.75 Å². The zero-order chi connectivity index (χ0) is 9.42. The number of aromatic nitrogens is 2. The zero-order valence-electron chi connectivity index (χ0n) is 6.54. The van der Waals surface area contributed by atoms with Crippen LogP contribution >= 0.6 is 23.2 Å². The number of pyridine rings is 1. The lowest BCUT2D eigenvalue weighted by Gasteiger charge is -1.98. The van der Waals surface area contributed by atoms with Gasteiger partial charge < -0.3 is 9.15 Å². The summed E-state index contributed by atoms with van der Waals surface area (Å²) >= 11 is 11.2. The Morgan fingerprint density at radius 3 is 2.85 bits per heavy atom. The lowest BCUT2D eigenvalue weighted by Crippen LogP contribution is -1.85. The van der Waals surface area contributed by atoms with Crippen molar-refractivity contribution < 1.29 is 9.15 Å². The fourth-order valence-electron chi connectivity index (χ4n) is 0.982. The molecule has 13 heavy (non-hydrogen) atoms. The molecule has 0 fully saturated rings. The normalized spacial score (nSPS) is 10.7. The molecule has 2 rings (SSSR count). The zero-order valence-corrected chi connectivity index (χ0v) is 8.06. The van der Waals surface area contributed by atoms with Crippen molar-refractivity contribution in [3.05, 3.63) is 16.6 Å². The third-order valence-electron chi connectivity index (χ3n) is 1.49. The van der Waals surface area contributed by atoms with E-state index in [9.17, 15) is 0 Å². The van der Waals surface area contributed by atoms with E-state index in [1.54, 1.807) is 0 Å². The molecule has 0 unspecified atom stereocenters. The van der Waals surface area contributed by atoms with Gasteiger partial charge in [0.1, 0.15) is 5.15 Å². The van der Waals surface area contributed by atoms with Crippen LogP contribution in [-0.2, 0) is 0 Å². The van der Waals surface area contributed by atoms with Crippen molar-refractivity contribution in [2.24, 2.45) is 0 Å². The summed E-state index contributed by atoms with van der Waals surface area (Å²) in [5.41, 5.74) is 0.742. The van der Waals surface area contributed by atoms with Gasteiger partial charge in [-0.25, -0.2) is 4.98 Å². The molecule has 0 atom stereocenters. The highest BCUT2D eigenvalue weighted by molar-refractivity contribution is 6.30. The lowest BCUT2D eigenvalue weighted by atomic mass is 10.4. The minimum absolute atomic E-state index is 0.0167. The van der Waals surface area contributed by atoms with Crippen molar-refractivity contribution in [1.82, 2.24) is 9.97 Å². The summed E-state index contributed by atoms with van der Waals surface area (Å²) in [6.45, 7) is 0. The van der Waals surface area contributed by atoms with Crippen LogP contribution in [0.25, 0.3) is 11.2 Å². The highest BCUT2D eigenvalue weighted by atomic mass is 35.5. The van der Waals surface area contributed by atoms with Gasteiger partial charge in [-0.15, -0.1) is 0 Å². The number of methoxy groups -OCH3 is 1. The van der Waals surface area contributed by atoms with Crippen molar-refractivity contribution in [3.63, 3.8) is 0 Å². The quantitative estimate of drug-likeness (QED) is 0.691. The Bertz CT molecular complexity index is 455. The summed E-state index contributed by atoms with van der Waals surface area (Å²) in [7, 11) is 1.50. The number of hydrogen-bond acceptors (Lipinski definition) is 4. The van der Waals surface area contributed by atoms with E-state index in [2.05, 4.69) is 9.97 Å². The predicted octanol–water partition coefficient (Wildman–Crippen LogP) is 2.54. The molecule has 0 aliphatic heterocycles. The standard InChI is InChI=1S/C7H4Cl2N2O2/c1-12-3-2-4(8)10-6-5(3)13-7(9)11-6/h2H,1H3. The Labute approximate surface area is 83.4 Å². The van der Waals surface area contributed by atoms with Crippen molar-refractivity contribution in [1.29, 1.82) is 0 Å². The first kappa shape index (κ1) is 8.59. The summed E-state index contributed by atoms with van der Waals surface area (Å²) in [5.74, 6) is 0.467. The monoisotopic (exact) mass is 218 g/mol. The Morgan fingerprint density at radius 2 is 2.15 bits per heavy atom. The summed E-state index contributed by atoms with van der Waals surface area (Å²) in [6.07, 6.45) is 0. The molecule has 0 amide bonds. The number of hydrogen-bond donors (Lipinski definition) is 0. The van der Waals surface area contributed by atoms with Gasteiger partial charge in [-0.3, -0.25) is 0 Å². The smallest absolute Gasteiger partial charge is 0.294 e. The largest absolute Gasteiger partial charge is 0.493 e. The fourth-order valence-corrected chi connectivity index (χ4v) is 1.32. The van der Waals surface area contributed by atoms with E-state index >= 15 is 0 Å². The van der Waals surface area contributed by atoms with Crippen LogP contribution in [0.1, 0.15) is 0 Å². The van der Waals surface area contributed by atoms with E-state index in [0.717, 1.165) is 0 Å². The molecule has 0 radical (unpaired) electrons. The van der Waals surface area contributed by atoms with Gasteiger partial charge in [0, 0.05) is 6.07 Å². The maximum absolute atomic E-state index is 5.70. The number of rotatable bonds is 1. The molecular formula is C7H4Cl2N2O2. The van der Waals surface area contributed by atoms with Crippen LogP contribution in [-0.4, -0.2) is 17.1 Å². The highest BCUT2D eigenvalue weighted by Gasteiger charge is 2.11. The molecule has 2 aromatic heterocycles. The van der Waals surface area contributed by atoms with E-state index < -0.39 is 0 Å². The van der Waals surface area contributed by atoms with Crippen LogP contribution in [0.3, 0.4) is 0 Å². The molecule has 0 saturated heterocycles. The van der Waals surface area contributed by atoms with E-state index in [-0.39, 0.29) is 10.5 Å². The minimum atomic E-state index is 0.0167. The maximum atomic E-state index is 5.70. The molecule has 68 valence electrons. The molecular weight excluding hydrogens is 215 g/mol. The molecule has 0 aromatic carbocycles. The lowest BCUT2D eigenvalue weighted by molar-refractivity contribution is 0.410. The van der Waals surface area contributed by atoms with Crippen LogP contribution in [0.2, 0.25) is 10.5 Å². The first-order valence-electron chi connectivity index (χ1n) is 3.37. The number of fused-ring (bicyclic) bond motifs is 1. The molecule has 0 spiro atoms. The van der Waals surface area contributed by atoms with Crippen molar-refractivity contribution >= 4 is 34.4 Å². The molecule has 4 nitrogen and oxygen atoms in total. The first-order valence-corrected chi connectivity index (χ1v) is 4.13. The van der Waals surface area contributed by atoms with E-state index in [1.165, 1.54) is 13.2 Å². The molecule has 2 aromatic rings. The Kier molecular flexibility index (Phi) is 2.01. The first-order chi connectivity index (χ1) is 6.20. The molecule has 0 aliphatic carbocycles. The average Bonchev–Trinajstić information content (AvgIpc) is 2.43. The van der Waals surface area contributed by atoms with Gasteiger partial charge in [-0.2, -0.15) is 4.98 Å². The minimum Gasteiger partial charge on any atom is -0.493 e. The predicted molar refractivity (Wildman–Crippen MR) is 48.4 cm³/mol. The van der Waals surface area contributed by atoms with E-state index in [4.69, 9.17) is 32.4 Å². The van der Waals surface area contributed by atoms with E-state index in [1.807, 2.05) is 0 Å². The van der Waals surface area contributed by atoms with Crippen LogP contribution in [0.15, 0.2) is 10.5 Å². The SMILES string of the molecule is COc1cc(Cl)nc2nc(Cl)oc12. The molecule has 0 bridgehead atoms. The molecule has 0 aliphatic rings. The van der Waals surface area contributed by atoms with Crippen LogP contribution < -0.4 is 4.74 Å². The summed E-state index contributed by atoms with van der Waals surface area (Å²) in [5, 5.41) is 0.303. The molecule has 0 saturated carbocycles. The van der Waals surface area contributed by atoms with Crippen molar-refractivity contribution in [2.45, 2.75) is 0 Å². The Balaban J connectivity index is 2.80. The summed E-state index contributed by atoms with van der Waals surface area (Å²) < 4.78 is 10.1. The Morgan fingerprint density at radius 1 is 1.38 bits per heavy atom. The van der Waals surface area contributed by atoms with Gasteiger partial charge >= 0.3 is 0 Å². The summed E-state index contributed by atoms with van der Waals surface area (Å²) in [4.78, 5) is 7.71. The van der Waals surface area contributed by atoms with Crippen molar-refractivity contribution in [2.75, 3.05) is 7.11 Å². The average molecular weight is 219 g/mol. The van der Waals surface area contributed by atoms with Crippen LogP contribution in [0.5, 0.6) is 5.75 Å². The molecule has 0 N–H and O–H groups in total. The third kappa shape index (κ3) is 1.43. The second-order valence-electron chi connectivity index (χ2n) is 2.27. The van der Waals surface area contributed by atoms with E-state index in [0.29, 0.717) is 17.0 Å². The topological polar surface area (TPSA) is 48.2 Å². The Hall–Kier alpha value is -1.00. The summed E-state index contributed by atoms with van der Waals surface area (Å²) in [6, 6.07) is 1.53.